The highest BCUT2D eigenvalue weighted by atomic mass is 127. The number of carbonyl (C=O) groups excluding carboxylic acids is 1. The van der Waals surface area contributed by atoms with Gasteiger partial charge in [0.2, 0.25) is 12.7 Å². The van der Waals surface area contributed by atoms with Crippen LogP contribution in [0, 0.1) is 0 Å². The Hall–Kier alpha value is -1.71. The van der Waals surface area contributed by atoms with Crippen LogP contribution in [0.1, 0.15) is 25.3 Å². The maximum Gasteiger partial charge on any atom is 0.243 e. The van der Waals surface area contributed by atoms with Crippen LogP contribution < -0.4 is 20.1 Å². The van der Waals surface area contributed by atoms with E-state index < -0.39 is 0 Å². The summed E-state index contributed by atoms with van der Waals surface area (Å²) in [6.45, 7) is 4.12. The number of nitrogens with one attached hydrogen (secondary N) is 2. The third-order valence-corrected chi connectivity index (χ3v) is 3.84. The number of aliphatic imine (C=N–C) groups is 1. The van der Waals surface area contributed by atoms with Gasteiger partial charge in [0, 0.05) is 27.2 Å². The van der Waals surface area contributed by atoms with E-state index in [1.54, 1.807) is 19.0 Å². The maximum absolute atomic E-state index is 11.7. The van der Waals surface area contributed by atoms with Crippen molar-refractivity contribution < 1.29 is 14.3 Å². The Morgan fingerprint density at radius 2 is 1.92 bits per heavy atom. The Labute approximate surface area is 172 Å². The number of unbranched alkanes of at least 4 members (excludes halogenated alkanes) is 1. The lowest BCUT2D eigenvalue weighted by Crippen LogP contribution is -2.40. The molecule has 2 N–H and O–H groups in total. The summed E-state index contributed by atoms with van der Waals surface area (Å²) in [7, 11) is 3.46. The van der Waals surface area contributed by atoms with E-state index in [1.807, 2.05) is 18.2 Å². The molecule has 1 amide bonds. The summed E-state index contributed by atoms with van der Waals surface area (Å²) in [4.78, 5) is 17.6. The number of hydrogen-bond donors (Lipinski definition) is 2. The third-order valence-electron chi connectivity index (χ3n) is 3.84. The highest BCUT2D eigenvalue weighted by Gasteiger charge is 2.13. The molecule has 0 bridgehead atoms. The topological polar surface area (TPSA) is 75.2 Å². The number of ether oxygens (including phenoxy) is 2. The van der Waals surface area contributed by atoms with Crippen LogP contribution in [0.5, 0.6) is 11.5 Å². The standard InChI is InChI=1S/C18H28N4O3.HI/c1-4-5-9-19-18(21-12-17(23)22(2)3)20-10-8-14-6-7-15-16(11-14)25-13-24-15;/h6-7,11H,4-5,8-10,12-13H2,1-3H3,(H2,19,20,21);1H. The highest BCUT2D eigenvalue weighted by molar-refractivity contribution is 14.0. The molecule has 1 aromatic carbocycles. The highest BCUT2D eigenvalue weighted by Crippen LogP contribution is 2.32. The van der Waals surface area contributed by atoms with Crippen LogP contribution in [0.25, 0.3) is 0 Å². The molecule has 0 spiro atoms. The van der Waals surface area contributed by atoms with Crippen molar-refractivity contribution in [2.75, 3.05) is 40.5 Å². The van der Waals surface area contributed by atoms with Crippen LogP contribution in [-0.4, -0.2) is 57.3 Å². The van der Waals surface area contributed by atoms with Gasteiger partial charge in [-0.25, -0.2) is 4.99 Å². The van der Waals surface area contributed by atoms with Crippen molar-refractivity contribution in [3.63, 3.8) is 0 Å². The van der Waals surface area contributed by atoms with Gasteiger partial charge in [-0.2, -0.15) is 0 Å². The molecule has 1 aromatic rings. The van der Waals surface area contributed by atoms with Crippen molar-refractivity contribution in [3.8, 4) is 11.5 Å². The molecule has 2 rings (SSSR count). The van der Waals surface area contributed by atoms with Crippen LogP contribution >= 0.6 is 24.0 Å². The quantitative estimate of drug-likeness (QED) is 0.260. The second-order valence-corrected chi connectivity index (χ2v) is 6.10. The molecule has 26 heavy (non-hydrogen) atoms. The molecule has 0 atom stereocenters. The van der Waals surface area contributed by atoms with E-state index in [1.165, 1.54) is 0 Å². The fourth-order valence-corrected chi connectivity index (χ4v) is 2.27. The first-order chi connectivity index (χ1) is 12.1. The van der Waals surface area contributed by atoms with E-state index in [4.69, 9.17) is 9.47 Å². The van der Waals surface area contributed by atoms with Crippen LogP contribution in [0.15, 0.2) is 23.2 Å². The summed E-state index contributed by atoms with van der Waals surface area (Å²) < 4.78 is 10.7. The van der Waals surface area contributed by atoms with Gasteiger partial charge in [-0.05, 0) is 30.5 Å². The number of fused-ring (bicyclic) bond motifs is 1. The lowest BCUT2D eigenvalue weighted by molar-refractivity contribution is -0.127. The SMILES string of the molecule is CCCCNC(=NCC(=O)N(C)C)NCCc1ccc2c(c1)OCO2.I. The molecule has 1 aliphatic heterocycles. The fraction of sp³-hybridized carbons (Fsp3) is 0.556. The monoisotopic (exact) mass is 476 g/mol. The number of benzene rings is 1. The van der Waals surface area contributed by atoms with E-state index in [9.17, 15) is 4.79 Å². The largest absolute Gasteiger partial charge is 0.454 e. The molecule has 0 unspecified atom stereocenters. The number of halogens is 1. The summed E-state index contributed by atoms with van der Waals surface area (Å²) in [6.07, 6.45) is 2.99. The Morgan fingerprint density at radius 1 is 1.19 bits per heavy atom. The molecule has 1 aliphatic rings. The van der Waals surface area contributed by atoms with Crippen molar-refractivity contribution in [2.24, 2.45) is 4.99 Å². The molecule has 8 heteroatoms. The first-order valence-electron chi connectivity index (χ1n) is 8.71. The second-order valence-electron chi connectivity index (χ2n) is 6.10. The minimum absolute atomic E-state index is 0. The third kappa shape index (κ3) is 7.27. The van der Waals surface area contributed by atoms with Crippen molar-refractivity contribution in [1.29, 1.82) is 0 Å². The van der Waals surface area contributed by atoms with Gasteiger partial charge in [0.1, 0.15) is 6.54 Å². The average molecular weight is 476 g/mol. The second kappa shape index (κ2) is 11.8. The smallest absolute Gasteiger partial charge is 0.243 e. The number of carbonyl (C=O) groups is 1. The lowest BCUT2D eigenvalue weighted by atomic mass is 10.1. The van der Waals surface area contributed by atoms with Gasteiger partial charge in [0.25, 0.3) is 0 Å². The molecule has 0 radical (unpaired) electrons. The van der Waals surface area contributed by atoms with Crippen molar-refractivity contribution in [1.82, 2.24) is 15.5 Å². The van der Waals surface area contributed by atoms with E-state index in [0.29, 0.717) is 12.5 Å². The molecule has 146 valence electrons. The Bertz CT molecular complexity index is 608. The summed E-state index contributed by atoms with van der Waals surface area (Å²) >= 11 is 0. The van der Waals surface area contributed by atoms with E-state index in [-0.39, 0.29) is 43.2 Å². The molecule has 0 saturated heterocycles. The summed E-state index contributed by atoms with van der Waals surface area (Å²) in [5, 5.41) is 6.55. The van der Waals surface area contributed by atoms with E-state index >= 15 is 0 Å². The van der Waals surface area contributed by atoms with Gasteiger partial charge in [0.15, 0.2) is 17.5 Å². The Morgan fingerprint density at radius 3 is 2.65 bits per heavy atom. The molecule has 7 nitrogen and oxygen atoms in total. The molecule has 0 aromatic heterocycles. The molecule has 0 saturated carbocycles. The predicted octanol–water partition coefficient (Wildman–Crippen LogP) is 2.00. The van der Waals surface area contributed by atoms with Gasteiger partial charge >= 0.3 is 0 Å². The molecular formula is C18H29IN4O3. The van der Waals surface area contributed by atoms with Crippen LogP contribution in [0.4, 0.5) is 0 Å². The summed E-state index contributed by atoms with van der Waals surface area (Å²) in [5.74, 6) is 2.24. The van der Waals surface area contributed by atoms with E-state index in [2.05, 4.69) is 22.5 Å². The minimum atomic E-state index is -0.0210. The van der Waals surface area contributed by atoms with Crippen LogP contribution in [0.2, 0.25) is 0 Å². The summed E-state index contributed by atoms with van der Waals surface area (Å²) in [5.41, 5.74) is 1.16. The van der Waals surface area contributed by atoms with Gasteiger partial charge < -0.3 is 25.0 Å². The van der Waals surface area contributed by atoms with Gasteiger partial charge in [-0.3, -0.25) is 4.79 Å². The number of hydrogen-bond acceptors (Lipinski definition) is 4. The average Bonchev–Trinajstić information content (AvgIpc) is 3.06. The molecule has 0 fully saturated rings. The Balaban J connectivity index is 0.00000338. The zero-order chi connectivity index (χ0) is 18.1. The first-order valence-corrected chi connectivity index (χ1v) is 8.71. The van der Waals surface area contributed by atoms with Crippen molar-refractivity contribution in [3.05, 3.63) is 23.8 Å². The number of guanidine groups is 1. The van der Waals surface area contributed by atoms with Crippen molar-refractivity contribution >= 4 is 35.8 Å². The maximum atomic E-state index is 11.7. The van der Waals surface area contributed by atoms with Crippen molar-refractivity contribution in [2.45, 2.75) is 26.2 Å². The lowest BCUT2D eigenvalue weighted by Gasteiger charge is -2.13. The molecule has 1 heterocycles. The molecular weight excluding hydrogens is 447 g/mol. The normalized spacial score (nSPS) is 12.3. The van der Waals surface area contributed by atoms with Crippen LogP contribution in [-0.2, 0) is 11.2 Å². The Kier molecular flexibility index (Phi) is 10.2. The van der Waals surface area contributed by atoms with Gasteiger partial charge in [-0.1, -0.05) is 19.4 Å². The number of amides is 1. The number of likely N-dealkylation sites (N-methyl/N-ethyl adjacent to an activating group) is 1. The van der Waals surface area contributed by atoms with Gasteiger partial charge in [-0.15, -0.1) is 24.0 Å². The zero-order valence-electron chi connectivity index (χ0n) is 15.7. The predicted molar refractivity (Wildman–Crippen MR) is 114 cm³/mol. The van der Waals surface area contributed by atoms with Crippen LogP contribution in [0.3, 0.4) is 0 Å². The van der Waals surface area contributed by atoms with Gasteiger partial charge in [0.05, 0.1) is 0 Å². The molecule has 0 aliphatic carbocycles. The zero-order valence-corrected chi connectivity index (χ0v) is 18.0. The number of rotatable bonds is 8. The fourth-order valence-electron chi connectivity index (χ4n) is 2.27. The summed E-state index contributed by atoms with van der Waals surface area (Å²) in [6, 6.07) is 5.97. The first kappa shape index (κ1) is 22.3. The number of nitrogens with zero attached hydrogens (tertiary/aromatic N) is 2. The minimum Gasteiger partial charge on any atom is -0.454 e. The van der Waals surface area contributed by atoms with E-state index in [0.717, 1.165) is 42.9 Å².